The SMILES string of the molecule is CC/C=C/C=C/C=C\C=C/C=C/CCCC(=O)OC(CCCCC/C=C/C=C/CCCCCCCCC)CC(=O)NC(CO)C(O)CCCCCCCCCCCCCC. The highest BCUT2D eigenvalue weighted by Crippen LogP contribution is 2.17. The molecule has 0 bridgehead atoms. The van der Waals surface area contributed by atoms with Gasteiger partial charge in [0.2, 0.25) is 5.91 Å². The van der Waals surface area contributed by atoms with Gasteiger partial charge in [0, 0.05) is 6.42 Å². The molecule has 6 heteroatoms. The highest BCUT2D eigenvalue weighted by Gasteiger charge is 2.24. The van der Waals surface area contributed by atoms with Gasteiger partial charge in [0.25, 0.3) is 0 Å². The molecule has 0 radical (unpaired) electrons. The van der Waals surface area contributed by atoms with Crippen molar-refractivity contribution in [3.05, 3.63) is 85.1 Å². The van der Waals surface area contributed by atoms with E-state index in [0.29, 0.717) is 19.3 Å². The molecule has 60 heavy (non-hydrogen) atoms. The molecule has 0 aromatic carbocycles. The number of hydrogen-bond acceptors (Lipinski definition) is 5. The largest absolute Gasteiger partial charge is 0.462 e. The van der Waals surface area contributed by atoms with Gasteiger partial charge < -0.3 is 20.3 Å². The molecule has 0 aliphatic carbocycles. The fourth-order valence-electron chi connectivity index (χ4n) is 7.10. The fraction of sp³-hybridized carbons (Fsp3) is 0.704. The van der Waals surface area contributed by atoms with Crippen LogP contribution in [0.4, 0.5) is 0 Å². The summed E-state index contributed by atoms with van der Waals surface area (Å²) in [6.45, 7) is 6.30. The number of hydrogen-bond donors (Lipinski definition) is 3. The molecule has 0 fully saturated rings. The Morgan fingerprint density at radius 2 is 0.900 bits per heavy atom. The molecule has 0 heterocycles. The van der Waals surface area contributed by atoms with Crippen LogP contribution in [0.15, 0.2) is 85.1 Å². The second-order valence-corrected chi connectivity index (χ2v) is 16.6. The first kappa shape index (κ1) is 57.0. The smallest absolute Gasteiger partial charge is 0.306 e. The Morgan fingerprint density at radius 1 is 0.500 bits per heavy atom. The highest BCUT2D eigenvalue weighted by atomic mass is 16.5. The predicted molar refractivity (Wildman–Crippen MR) is 259 cm³/mol. The van der Waals surface area contributed by atoms with Gasteiger partial charge in [-0.05, 0) is 64.2 Å². The second kappa shape index (κ2) is 47.1. The molecule has 0 saturated carbocycles. The van der Waals surface area contributed by atoms with Gasteiger partial charge >= 0.3 is 5.97 Å². The monoisotopic (exact) mass is 836 g/mol. The van der Waals surface area contributed by atoms with E-state index in [2.05, 4.69) is 56.5 Å². The molecule has 344 valence electrons. The molecule has 0 spiro atoms. The molecule has 1 amide bonds. The molecular weight excluding hydrogens is 743 g/mol. The van der Waals surface area contributed by atoms with Crippen molar-refractivity contribution in [3.8, 4) is 0 Å². The Balaban J connectivity index is 4.77. The Kier molecular flexibility index (Phi) is 44.8. The minimum absolute atomic E-state index is 0.0271. The van der Waals surface area contributed by atoms with Gasteiger partial charge in [0.05, 0.1) is 25.2 Å². The van der Waals surface area contributed by atoms with Crippen LogP contribution >= 0.6 is 0 Å². The average molecular weight is 836 g/mol. The van der Waals surface area contributed by atoms with Gasteiger partial charge in [-0.1, -0.05) is 228 Å². The van der Waals surface area contributed by atoms with E-state index in [1.165, 1.54) is 103 Å². The van der Waals surface area contributed by atoms with Crippen LogP contribution in [-0.2, 0) is 14.3 Å². The molecule has 3 N–H and O–H groups in total. The van der Waals surface area contributed by atoms with E-state index < -0.39 is 18.2 Å². The molecule has 0 aliphatic rings. The number of amides is 1. The number of carbonyl (C=O) groups is 2. The van der Waals surface area contributed by atoms with Crippen LogP contribution in [0, 0.1) is 0 Å². The minimum Gasteiger partial charge on any atom is -0.462 e. The van der Waals surface area contributed by atoms with Crippen LogP contribution in [0.25, 0.3) is 0 Å². The van der Waals surface area contributed by atoms with Crippen molar-refractivity contribution in [1.29, 1.82) is 0 Å². The number of aliphatic hydroxyl groups excluding tert-OH is 2. The summed E-state index contributed by atoms with van der Waals surface area (Å²) in [5, 5.41) is 23.7. The van der Waals surface area contributed by atoms with E-state index in [1.54, 1.807) is 0 Å². The van der Waals surface area contributed by atoms with Crippen molar-refractivity contribution in [2.24, 2.45) is 0 Å². The van der Waals surface area contributed by atoms with Crippen LogP contribution in [0.3, 0.4) is 0 Å². The molecule has 0 aromatic rings. The van der Waals surface area contributed by atoms with E-state index in [9.17, 15) is 19.8 Å². The molecule has 0 aromatic heterocycles. The first-order valence-corrected chi connectivity index (χ1v) is 24.9. The quantitative estimate of drug-likeness (QED) is 0.0323. The summed E-state index contributed by atoms with van der Waals surface area (Å²) in [7, 11) is 0. The molecule has 0 rings (SSSR count). The van der Waals surface area contributed by atoms with Crippen LogP contribution in [-0.4, -0.2) is 46.9 Å². The van der Waals surface area contributed by atoms with Gasteiger partial charge in [-0.2, -0.15) is 0 Å². The van der Waals surface area contributed by atoms with Crippen molar-refractivity contribution >= 4 is 11.9 Å². The van der Waals surface area contributed by atoms with Crippen molar-refractivity contribution in [2.45, 2.75) is 238 Å². The molecule has 6 nitrogen and oxygen atoms in total. The van der Waals surface area contributed by atoms with E-state index in [1.807, 2.05) is 54.7 Å². The van der Waals surface area contributed by atoms with Gasteiger partial charge in [0.15, 0.2) is 0 Å². The van der Waals surface area contributed by atoms with E-state index in [-0.39, 0.29) is 31.3 Å². The number of esters is 1. The van der Waals surface area contributed by atoms with Crippen molar-refractivity contribution in [2.75, 3.05) is 6.61 Å². The van der Waals surface area contributed by atoms with Crippen molar-refractivity contribution in [1.82, 2.24) is 5.32 Å². The van der Waals surface area contributed by atoms with Gasteiger partial charge in [-0.3, -0.25) is 9.59 Å². The first-order valence-electron chi connectivity index (χ1n) is 24.9. The Morgan fingerprint density at radius 3 is 1.40 bits per heavy atom. The lowest BCUT2D eigenvalue weighted by atomic mass is 10.0. The molecular formula is C54H93NO5. The van der Waals surface area contributed by atoms with Crippen molar-refractivity contribution in [3.63, 3.8) is 0 Å². The highest BCUT2D eigenvalue weighted by molar-refractivity contribution is 5.77. The lowest BCUT2D eigenvalue weighted by molar-refractivity contribution is -0.151. The zero-order chi connectivity index (χ0) is 43.8. The maximum Gasteiger partial charge on any atom is 0.306 e. The zero-order valence-corrected chi connectivity index (χ0v) is 39.1. The molecule has 3 unspecified atom stereocenters. The number of unbranched alkanes of at least 4 members (excludes halogenated alkanes) is 22. The topological polar surface area (TPSA) is 95.9 Å². The lowest BCUT2D eigenvalue weighted by Crippen LogP contribution is -2.46. The lowest BCUT2D eigenvalue weighted by Gasteiger charge is -2.24. The number of ether oxygens (including phenoxy) is 1. The third kappa shape index (κ3) is 41.8. The Bertz CT molecular complexity index is 1160. The number of nitrogens with one attached hydrogen (secondary N) is 1. The molecule has 0 saturated heterocycles. The Hall–Kier alpha value is -2.96. The Labute approximate surface area is 370 Å². The minimum atomic E-state index is -0.810. The van der Waals surface area contributed by atoms with E-state index in [0.717, 1.165) is 64.2 Å². The third-order valence-corrected chi connectivity index (χ3v) is 10.9. The maximum absolute atomic E-state index is 13.2. The summed E-state index contributed by atoms with van der Waals surface area (Å²) >= 11 is 0. The summed E-state index contributed by atoms with van der Waals surface area (Å²) in [5.41, 5.74) is 0. The van der Waals surface area contributed by atoms with Crippen molar-refractivity contribution < 1.29 is 24.5 Å². The number of carbonyl (C=O) groups excluding carboxylic acids is 2. The van der Waals surface area contributed by atoms with Crippen LogP contribution in [0.1, 0.15) is 220 Å². The number of rotatable bonds is 43. The van der Waals surface area contributed by atoms with Gasteiger partial charge in [-0.25, -0.2) is 0 Å². The number of allylic oxidation sites excluding steroid dienone is 14. The maximum atomic E-state index is 13.2. The van der Waals surface area contributed by atoms with E-state index >= 15 is 0 Å². The summed E-state index contributed by atoms with van der Waals surface area (Å²) in [6, 6.07) is -0.728. The average Bonchev–Trinajstić information content (AvgIpc) is 3.24. The summed E-state index contributed by atoms with van der Waals surface area (Å²) in [5.74, 6) is -0.594. The van der Waals surface area contributed by atoms with Gasteiger partial charge in [0.1, 0.15) is 6.10 Å². The summed E-state index contributed by atoms with van der Waals surface area (Å²) in [6.07, 6.45) is 60.7. The predicted octanol–water partition coefficient (Wildman–Crippen LogP) is 14.8. The standard InChI is InChI=1S/C54H93NO5/c1-4-7-10-13-16-19-22-25-26-27-29-30-33-36-39-42-45-50(60-54(59)47-44-41-38-35-32-28-23-20-17-14-11-8-5-2)48-53(58)55-51(49-56)52(57)46-43-40-37-34-31-24-21-18-15-12-9-6-3/h8,11,14,17,20,23,26-30,32,35,38,50-52,56-57H,4-7,9-10,12-13,15-16,18-19,21-22,24-25,31,33-34,36-37,39-49H2,1-3H3,(H,55,58)/b11-8+,17-14+,23-20-,27-26+,30-29+,32-28-,38-35+. The van der Waals surface area contributed by atoms with Crippen LogP contribution < -0.4 is 5.32 Å². The third-order valence-electron chi connectivity index (χ3n) is 10.9. The summed E-state index contributed by atoms with van der Waals surface area (Å²) in [4.78, 5) is 26.1. The molecule has 3 atom stereocenters. The van der Waals surface area contributed by atoms with E-state index in [4.69, 9.17) is 4.74 Å². The number of aliphatic hydroxyl groups is 2. The van der Waals surface area contributed by atoms with Gasteiger partial charge in [-0.15, -0.1) is 0 Å². The second-order valence-electron chi connectivity index (χ2n) is 16.6. The molecule has 0 aliphatic heterocycles. The normalized spacial score (nSPS) is 14.0. The van der Waals surface area contributed by atoms with Crippen LogP contribution in [0.2, 0.25) is 0 Å². The summed E-state index contributed by atoms with van der Waals surface area (Å²) < 4.78 is 5.87. The first-order chi connectivity index (χ1) is 29.5. The zero-order valence-electron chi connectivity index (χ0n) is 39.1. The fourth-order valence-corrected chi connectivity index (χ4v) is 7.10. The van der Waals surface area contributed by atoms with Crippen LogP contribution in [0.5, 0.6) is 0 Å².